The quantitative estimate of drug-likeness (QED) is 0.475. The number of imidazole rings is 1. The Bertz CT molecular complexity index is 864. The van der Waals surface area contributed by atoms with Crippen LogP contribution in [0.3, 0.4) is 0 Å². The minimum absolute atomic E-state index is 0.159. The van der Waals surface area contributed by atoms with Gasteiger partial charge in [0.15, 0.2) is 5.82 Å². The average molecular weight is 249 g/mol. The number of fused-ring (bicyclic) bond motifs is 4. The van der Waals surface area contributed by atoms with Gasteiger partial charge in [-0.25, -0.2) is 4.98 Å². The van der Waals surface area contributed by atoms with E-state index in [4.69, 9.17) is 0 Å². The molecule has 3 aromatic rings. The van der Waals surface area contributed by atoms with Crippen molar-refractivity contribution in [2.45, 2.75) is 0 Å². The molecule has 0 atom stereocenters. The van der Waals surface area contributed by atoms with Crippen LogP contribution in [0.25, 0.3) is 11.0 Å². The minimum Gasteiger partial charge on any atom is -0.285 e. The van der Waals surface area contributed by atoms with Gasteiger partial charge >= 0.3 is 0 Å². The Hall–Kier alpha value is -2.82. The second-order valence-electron chi connectivity index (χ2n) is 4.32. The summed E-state index contributed by atoms with van der Waals surface area (Å²) in [4.78, 5) is 33.0. The van der Waals surface area contributed by atoms with E-state index in [-0.39, 0.29) is 17.5 Å². The van der Waals surface area contributed by atoms with Crippen molar-refractivity contribution in [1.82, 2.24) is 14.5 Å². The lowest BCUT2D eigenvalue weighted by molar-refractivity contribution is 0.0911. The van der Waals surface area contributed by atoms with Crippen LogP contribution in [0.5, 0.6) is 0 Å². The van der Waals surface area contributed by atoms with E-state index in [2.05, 4.69) is 9.97 Å². The molecular formula is C14H7N3O2. The highest BCUT2D eigenvalue weighted by molar-refractivity contribution is 6.21. The molecule has 3 heterocycles. The molecular weight excluding hydrogens is 242 g/mol. The summed E-state index contributed by atoms with van der Waals surface area (Å²) >= 11 is 0. The highest BCUT2D eigenvalue weighted by Crippen LogP contribution is 2.25. The zero-order valence-electron chi connectivity index (χ0n) is 9.70. The molecule has 5 nitrogen and oxygen atoms in total. The van der Waals surface area contributed by atoms with Crippen molar-refractivity contribution in [1.29, 1.82) is 0 Å². The van der Waals surface area contributed by atoms with Gasteiger partial charge in [0.05, 0.1) is 22.2 Å². The molecule has 4 rings (SSSR count). The number of carbonyl (C=O) groups excluding carboxylic acids is 2. The summed E-state index contributed by atoms with van der Waals surface area (Å²) in [5.74, 6) is -0.341. The van der Waals surface area contributed by atoms with Gasteiger partial charge in [-0.05, 0) is 18.2 Å². The minimum atomic E-state index is -0.265. The molecule has 1 aliphatic rings. The zero-order valence-corrected chi connectivity index (χ0v) is 9.70. The maximum Gasteiger partial charge on any atom is 0.265 e. The van der Waals surface area contributed by atoms with Crippen LogP contribution < -0.4 is 0 Å². The lowest BCUT2D eigenvalue weighted by atomic mass is 10.0. The first-order valence-corrected chi connectivity index (χ1v) is 5.78. The SMILES string of the molecule is O=C1c2cnccc2C(=O)n2c1nc1ccccc12. The van der Waals surface area contributed by atoms with E-state index in [0.717, 1.165) is 0 Å². The van der Waals surface area contributed by atoms with Crippen LogP contribution >= 0.6 is 0 Å². The third-order valence-electron chi connectivity index (χ3n) is 3.26. The van der Waals surface area contributed by atoms with E-state index in [1.165, 1.54) is 17.0 Å². The van der Waals surface area contributed by atoms with Gasteiger partial charge in [-0.3, -0.25) is 19.1 Å². The number of pyridine rings is 1. The second kappa shape index (κ2) is 3.35. The zero-order chi connectivity index (χ0) is 13.0. The van der Waals surface area contributed by atoms with Crippen molar-refractivity contribution in [3.63, 3.8) is 0 Å². The Morgan fingerprint density at radius 1 is 1.00 bits per heavy atom. The van der Waals surface area contributed by atoms with Crippen LogP contribution in [-0.2, 0) is 0 Å². The summed E-state index contributed by atoms with van der Waals surface area (Å²) < 4.78 is 1.37. The Morgan fingerprint density at radius 2 is 1.84 bits per heavy atom. The van der Waals surface area contributed by atoms with Gasteiger partial charge in [0, 0.05) is 12.4 Å². The molecule has 0 amide bonds. The van der Waals surface area contributed by atoms with Gasteiger partial charge < -0.3 is 0 Å². The van der Waals surface area contributed by atoms with Gasteiger partial charge in [-0.15, -0.1) is 0 Å². The molecule has 2 aromatic heterocycles. The van der Waals surface area contributed by atoms with Crippen LogP contribution in [0.1, 0.15) is 26.5 Å². The van der Waals surface area contributed by atoms with E-state index < -0.39 is 0 Å². The molecule has 0 unspecified atom stereocenters. The van der Waals surface area contributed by atoms with Crippen molar-refractivity contribution in [2.75, 3.05) is 0 Å². The van der Waals surface area contributed by atoms with Crippen LogP contribution in [0.2, 0.25) is 0 Å². The first-order chi connectivity index (χ1) is 9.27. The number of hydrogen-bond donors (Lipinski definition) is 0. The van der Waals surface area contributed by atoms with Crippen molar-refractivity contribution >= 4 is 22.7 Å². The third-order valence-corrected chi connectivity index (χ3v) is 3.26. The topological polar surface area (TPSA) is 64.8 Å². The number of nitrogens with zero attached hydrogens (tertiary/aromatic N) is 3. The molecule has 0 N–H and O–H groups in total. The number of para-hydroxylation sites is 2. The number of rotatable bonds is 0. The van der Waals surface area contributed by atoms with E-state index in [1.54, 1.807) is 18.2 Å². The maximum atomic E-state index is 12.5. The molecule has 0 radical (unpaired) electrons. The predicted molar refractivity (Wildman–Crippen MR) is 67.1 cm³/mol. The molecule has 0 saturated carbocycles. The van der Waals surface area contributed by atoms with Crippen molar-refractivity contribution < 1.29 is 9.59 Å². The normalized spacial score (nSPS) is 13.5. The summed E-state index contributed by atoms with van der Waals surface area (Å²) in [6.45, 7) is 0. The highest BCUT2D eigenvalue weighted by atomic mass is 16.2. The maximum absolute atomic E-state index is 12.5. The highest BCUT2D eigenvalue weighted by Gasteiger charge is 2.32. The first-order valence-electron chi connectivity index (χ1n) is 5.78. The monoisotopic (exact) mass is 249 g/mol. The van der Waals surface area contributed by atoms with Gasteiger partial charge in [0.1, 0.15) is 0 Å². The summed E-state index contributed by atoms with van der Waals surface area (Å²) in [5, 5.41) is 0. The number of carbonyl (C=O) groups is 2. The fraction of sp³-hybridized carbons (Fsp3) is 0. The van der Waals surface area contributed by atoms with Gasteiger partial charge in [0.25, 0.3) is 5.91 Å². The Morgan fingerprint density at radius 3 is 2.74 bits per heavy atom. The van der Waals surface area contributed by atoms with Crippen molar-refractivity contribution in [3.8, 4) is 0 Å². The molecule has 0 fully saturated rings. The van der Waals surface area contributed by atoms with Crippen molar-refractivity contribution in [2.24, 2.45) is 0 Å². The van der Waals surface area contributed by atoms with E-state index in [9.17, 15) is 9.59 Å². The molecule has 90 valence electrons. The standard InChI is InChI=1S/C14H7N3O2/c18-12-9-7-15-6-5-8(9)14(19)17-11-4-2-1-3-10(11)16-13(12)17/h1-7H. The summed E-state index contributed by atoms with van der Waals surface area (Å²) in [6, 6.07) is 8.77. The Labute approximate surface area is 107 Å². The summed E-state index contributed by atoms with van der Waals surface area (Å²) in [6.07, 6.45) is 2.92. The third kappa shape index (κ3) is 1.18. The number of benzene rings is 1. The van der Waals surface area contributed by atoms with Gasteiger partial charge in [-0.2, -0.15) is 0 Å². The fourth-order valence-electron chi connectivity index (χ4n) is 2.39. The molecule has 0 spiro atoms. The Kier molecular flexibility index (Phi) is 1.79. The van der Waals surface area contributed by atoms with E-state index >= 15 is 0 Å². The van der Waals surface area contributed by atoms with Crippen LogP contribution in [0.15, 0.2) is 42.7 Å². The second-order valence-corrected chi connectivity index (χ2v) is 4.32. The first kappa shape index (κ1) is 10.1. The molecule has 5 heteroatoms. The molecule has 0 aliphatic carbocycles. The molecule has 1 aromatic carbocycles. The Balaban J connectivity index is 2.14. The summed E-state index contributed by atoms with van der Waals surface area (Å²) in [7, 11) is 0. The average Bonchev–Trinajstić information content (AvgIpc) is 2.84. The molecule has 1 aliphatic heterocycles. The number of hydrogen-bond acceptors (Lipinski definition) is 4. The smallest absolute Gasteiger partial charge is 0.265 e. The van der Waals surface area contributed by atoms with E-state index in [1.807, 2.05) is 12.1 Å². The lowest BCUT2D eigenvalue weighted by Crippen LogP contribution is -2.27. The largest absolute Gasteiger partial charge is 0.285 e. The fourth-order valence-corrected chi connectivity index (χ4v) is 2.39. The summed E-state index contributed by atoms with van der Waals surface area (Å²) in [5.41, 5.74) is 1.98. The van der Waals surface area contributed by atoms with Crippen molar-refractivity contribution in [3.05, 3.63) is 59.7 Å². The predicted octanol–water partition coefficient (Wildman–Crippen LogP) is 1.66. The van der Waals surface area contributed by atoms with E-state index in [0.29, 0.717) is 22.2 Å². The van der Waals surface area contributed by atoms with Gasteiger partial charge in [0.2, 0.25) is 5.78 Å². The molecule has 19 heavy (non-hydrogen) atoms. The lowest BCUT2D eigenvalue weighted by Gasteiger charge is -2.15. The number of aromatic nitrogens is 3. The molecule has 0 saturated heterocycles. The van der Waals surface area contributed by atoms with Crippen LogP contribution in [0, 0.1) is 0 Å². The van der Waals surface area contributed by atoms with Crippen LogP contribution in [-0.4, -0.2) is 26.2 Å². The molecule has 0 bridgehead atoms. The van der Waals surface area contributed by atoms with Gasteiger partial charge in [-0.1, -0.05) is 12.1 Å². The number of ketones is 1. The van der Waals surface area contributed by atoms with Crippen LogP contribution in [0.4, 0.5) is 0 Å².